The van der Waals surface area contributed by atoms with E-state index in [4.69, 9.17) is 17.0 Å². The van der Waals surface area contributed by atoms with Gasteiger partial charge in [0.15, 0.2) is 0 Å². The van der Waals surface area contributed by atoms with E-state index in [9.17, 15) is 4.79 Å². The van der Waals surface area contributed by atoms with Crippen molar-refractivity contribution in [1.82, 2.24) is 0 Å². The molecule has 0 heterocycles. The van der Waals surface area contributed by atoms with Gasteiger partial charge in [0, 0.05) is 0 Å². The maximum atomic E-state index is 11.2. The Bertz CT molecular complexity index is 190. The maximum Gasteiger partial charge on any atom is 0.319 e. The van der Waals surface area contributed by atoms with Gasteiger partial charge in [0.2, 0.25) is 0 Å². The summed E-state index contributed by atoms with van der Waals surface area (Å²) in [5.41, 5.74) is 0. The molecule has 1 unspecified atom stereocenters. The van der Waals surface area contributed by atoms with Crippen molar-refractivity contribution in [3.8, 4) is 0 Å². The zero-order valence-corrected chi connectivity index (χ0v) is 10.1. The summed E-state index contributed by atoms with van der Waals surface area (Å²) >= 11 is 6.53. The normalized spacial score (nSPS) is 12.7. The van der Waals surface area contributed by atoms with Gasteiger partial charge in [-0.25, -0.2) is 0 Å². The van der Waals surface area contributed by atoms with E-state index in [1.807, 2.05) is 20.8 Å². The van der Waals surface area contributed by atoms with Crippen molar-refractivity contribution in [1.29, 1.82) is 0 Å². The molecule has 0 spiro atoms. The van der Waals surface area contributed by atoms with Gasteiger partial charge in [-0.15, -0.1) is 11.8 Å². The summed E-state index contributed by atoms with van der Waals surface area (Å²) in [5.74, 6) is 0.146. The Morgan fingerprint density at radius 3 is 2.38 bits per heavy atom. The fourth-order valence-electron chi connectivity index (χ4n) is 0.618. The Labute approximate surface area is 89.4 Å². The summed E-state index contributed by atoms with van der Waals surface area (Å²) in [7, 11) is 0. The summed E-state index contributed by atoms with van der Waals surface area (Å²) in [5, 5.41) is -0.185. The quantitative estimate of drug-likeness (QED) is 0.537. The summed E-state index contributed by atoms with van der Waals surface area (Å²) in [6, 6.07) is 0. The minimum absolute atomic E-state index is 0.185. The molecule has 0 rings (SSSR count). The third-order valence-corrected chi connectivity index (χ3v) is 3.39. The number of thiocarbonyl (C=S) groups is 1. The van der Waals surface area contributed by atoms with Crippen molar-refractivity contribution in [2.75, 3.05) is 6.61 Å². The van der Waals surface area contributed by atoms with Crippen LogP contribution < -0.4 is 0 Å². The smallest absolute Gasteiger partial charge is 0.319 e. The van der Waals surface area contributed by atoms with E-state index in [0.717, 1.165) is 4.20 Å². The van der Waals surface area contributed by atoms with E-state index in [1.165, 1.54) is 11.8 Å². The highest BCUT2D eigenvalue weighted by Gasteiger charge is 2.17. The minimum Gasteiger partial charge on any atom is -0.465 e. The fourth-order valence-corrected chi connectivity index (χ4v) is 1.84. The first-order chi connectivity index (χ1) is 5.99. The summed E-state index contributed by atoms with van der Waals surface area (Å²) < 4.78 is 5.73. The van der Waals surface area contributed by atoms with Crippen LogP contribution in [0.2, 0.25) is 0 Å². The molecule has 0 saturated heterocycles. The molecule has 0 saturated carbocycles. The molecule has 0 aliphatic heterocycles. The second-order valence-electron chi connectivity index (χ2n) is 2.99. The van der Waals surface area contributed by atoms with Crippen molar-refractivity contribution >= 4 is 34.1 Å². The molecule has 0 aliphatic rings. The van der Waals surface area contributed by atoms with Gasteiger partial charge < -0.3 is 4.74 Å². The van der Waals surface area contributed by atoms with Crippen LogP contribution in [0.1, 0.15) is 27.7 Å². The second kappa shape index (κ2) is 6.38. The number of esters is 1. The van der Waals surface area contributed by atoms with Crippen molar-refractivity contribution < 1.29 is 9.53 Å². The van der Waals surface area contributed by atoms with Crippen LogP contribution in [0.15, 0.2) is 0 Å². The molecule has 0 aromatic heterocycles. The fraction of sp³-hybridized carbons (Fsp3) is 0.778. The van der Waals surface area contributed by atoms with Gasteiger partial charge in [0.05, 0.1) is 10.8 Å². The lowest BCUT2D eigenvalue weighted by Crippen LogP contribution is -2.19. The predicted molar refractivity (Wildman–Crippen MR) is 61.1 cm³/mol. The standard InChI is InChI=1S/C9H16O2S2/c1-5-11-8(10)7(4)13-9(12)6(2)3/h6-7H,5H2,1-4H3. The molecule has 0 aliphatic carbocycles. The van der Waals surface area contributed by atoms with E-state index in [2.05, 4.69) is 0 Å². The molecule has 4 heteroatoms. The Morgan fingerprint density at radius 1 is 1.46 bits per heavy atom. The highest BCUT2D eigenvalue weighted by atomic mass is 32.2. The van der Waals surface area contributed by atoms with Crippen LogP contribution >= 0.6 is 24.0 Å². The zero-order chi connectivity index (χ0) is 10.4. The predicted octanol–water partition coefficient (Wildman–Crippen LogP) is 2.65. The van der Waals surface area contributed by atoms with Crippen LogP contribution in [0.3, 0.4) is 0 Å². The van der Waals surface area contributed by atoms with Gasteiger partial charge >= 0.3 is 5.97 Å². The number of carbonyl (C=O) groups excluding carboxylic acids is 1. The Kier molecular flexibility index (Phi) is 6.33. The Morgan fingerprint density at radius 2 is 2.00 bits per heavy atom. The zero-order valence-electron chi connectivity index (χ0n) is 8.49. The number of hydrogen-bond acceptors (Lipinski definition) is 4. The highest BCUT2D eigenvalue weighted by molar-refractivity contribution is 8.23. The SMILES string of the molecule is CCOC(=O)C(C)SC(=S)C(C)C. The van der Waals surface area contributed by atoms with Crippen LogP contribution in [-0.4, -0.2) is 22.0 Å². The number of rotatable bonds is 4. The lowest BCUT2D eigenvalue weighted by Gasteiger charge is -2.12. The molecular weight excluding hydrogens is 204 g/mol. The first-order valence-electron chi connectivity index (χ1n) is 4.36. The molecule has 76 valence electrons. The lowest BCUT2D eigenvalue weighted by molar-refractivity contribution is -0.142. The second-order valence-corrected chi connectivity index (χ2v) is 5.07. The third-order valence-electron chi connectivity index (χ3n) is 1.38. The summed E-state index contributed by atoms with van der Waals surface area (Å²) in [6.07, 6.45) is 0. The molecule has 0 aromatic carbocycles. The van der Waals surface area contributed by atoms with Crippen molar-refractivity contribution in [2.45, 2.75) is 32.9 Å². The van der Waals surface area contributed by atoms with Gasteiger partial charge in [-0.1, -0.05) is 26.1 Å². The first kappa shape index (κ1) is 12.9. The topological polar surface area (TPSA) is 26.3 Å². The molecule has 0 amide bonds. The van der Waals surface area contributed by atoms with Crippen molar-refractivity contribution in [3.63, 3.8) is 0 Å². The average Bonchev–Trinajstić information content (AvgIpc) is 2.04. The molecule has 0 fully saturated rings. The molecule has 0 aromatic rings. The Hall–Kier alpha value is -0.0900. The van der Waals surface area contributed by atoms with E-state index >= 15 is 0 Å². The number of ether oxygens (including phenoxy) is 1. The maximum absolute atomic E-state index is 11.2. The summed E-state index contributed by atoms with van der Waals surface area (Å²) in [4.78, 5) is 11.2. The lowest BCUT2D eigenvalue weighted by atomic mass is 10.3. The summed E-state index contributed by atoms with van der Waals surface area (Å²) in [6.45, 7) is 8.09. The average molecular weight is 220 g/mol. The van der Waals surface area contributed by atoms with Crippen LogP contribution in [0, 0.1) is 5.92 Å². The molecule has 0 N–H and O–H groups in total. The number of thioether (sulfide) groups is 1. The van der Waals surface area contributed by atoms with Gasteiger partial charge in [-0.3, -0.25) is 4.79 Å². The molecule has 0 bridgehead atoms. The minimum atomic E-state index is -0.185. The largest absolute Gasteiger partial charge is 0.465 e. The van der Waals surface area contributed by atoms with Gasteiger partial charge in [-0.05, 0) is 19.8 Å². The van der Waals surface area contributed by atoms with E-state index in [0.29, 0.717) is 12.5 Å². The molecule has 13 heavy (non-hydrogen) atoms. The first-order valence-corrected chi connectivity index (χ1v) is 5.65. The van der Waals surface area contributed by atoms with E-state index in [1.54, 1.807) is 6.92 Å². The van der Waals surface area contributed by atoms with Crippen LogP contribution in [0.4, 0.5) is 0 Å². The molecular formula is C9H16O2S2. The van der Waals surface area contributed by atoms with Crippen molar-refractivity contribution in [2.24, 2.45) is 5.92 Å². The van der Waals surface area contributed by atoms with Crippen LogP contribution in [0.25, 0.3) is 0 Å². The van der Waals surface area contributed by atoms with Crippen LogP contribution in [-0.2, 0) is 9.53 Å². The number of hydrogen-bond donors (Lipinski definition) is 0. The van der Waals surface area contributed by atoms with E-state index < -0.39 is 0 Å². The number of carbonyl (C=O) groups is 1. The van der Waals surface area contributed by atoms with E-state index in [-0.39, 0.29) is 11.2 Å². The van der Waals surface area contributed by atoms with Crippen LogP contribution in [0.5, 0.6) is 0 Å². The third kappa shape index (κ3) is 5.26. The van der Waals surface area contributed by atoms with Gasteiger partial charge in [-0.2, -0.15) is 0 Å². The Balaban J connectivity index is 3.92. The molecule has 1 atom stereocenters. The monoisotopic (exact) mass is 220 g/mol. The van der Waals surface area contributed by atoms with Crippen molar-refractivity contribution in [3.05, 3.63) is 0 Å². The highest BCUT2D eigenvalue weighted by Crippen LogP contribution is 2.19. The van der Waals surface area contributed by atoms with Gasteiger partial charge in [0.25, 0.3) is 0 Å². The molecule has 0 radical (unpaired) electrons. The van der Waals surface area contributed by atoms with Gasteiger partial charge in [0.1, 0.15) is 5.25 Å². The molecule has 2 nitrogen and oxygen atoms in total.